The second-order valence-corrected chi connectivity index (χ2v) is 6.20. The van der Waals surface area contributed by atoms with Gasteiger partial charge in [-0.05, 0) is 24.3 Å². The third-order valence-electron chi connectivity index (χ3n) is 4.25. The summed E-state index contributed by atoms with van der Waals surface area (Å²) in [5.74, 6) is 0. The molecule has 100 valence electrons. The van der Waals surface area contributed by atoms with Gasteiger partial charge in [0.25, 0.3) is 0 Å². The van der Waals surface area contributed by atoms with Gasteiger partial charge in [0.1, 0.15) is 12.2 Å². The maximum absolute atomic E-state index is 13.1. The normalized spacial score (nSPS) is 29.5. The number of nitrogens with zero attached hydrogens (tertiary/aromatic N) is 2. The Morgan fingerprint density at radius 3 is 2.37 bits per heavy atom. The quantitative estimate of drug-likeness (QED) is 0.596. The van der Waals surface area contributed by atoms with Gasteiger partial charge in [0.05, 0.1) is 12.6 Å². The van der Waals surface area contributed by atoms with Gasteiger partial charge in [-0.1, -0.05) is 32.0 Å². The number of aromatic nitrogens is 1. The SMILES string of the molecule is CC1(C)C[N+]([O-])(c2ccccc2)CC1n1cccc1. The molecule has 0 aliphatic carbocycles. The monoisotopic (exact) mass is 256 g/mol. The summed E-state index contributed by atoms with van der Waals surface area (Å²) in [6.45, 7) is 5.61. The van der Waals surface area contributed by atoms with Crippen LogP contribution in [0.15, 0.2) is 54.9 Å². The van der Waals surface area contributed by atoms with Gasteiger partial charge >= 0.3 is 0 Å². The smallest absolute Gasteiger partial charge is 0.132 e. The van der Waals surface area contributed by atoms with Crippen LogP contribution in [-0.2, 0) is 0 Å². The number of benzene rings is 1. The highest BCUT2D eigenvalue weighted by Crippen LogP contribution is 2.44. The number of hydrogen-bond acceptors (Lipinski definition) is 1. The maximum atomic E-state index is 13.1. The third kappa shape index (κ3) is 2.09. The van der Waals surface area contributed by atoms with E-state index in [0.717, 1.165) is 5.69 Å². The lowest BCUT2D eigenvalue weighted by Gasteiger charge is -2.38. The molecule has 1 aliphatic heterocycles. The van der Waals surface area contributed by atoms with E-state index < -0.39 is 0 Å². The summed E-state index contributed by atoms with van der Waals surface area (Å²) in [6.07, 6.45) is 4.13. The van der Waals surface area contributed by atoms with Crippen LogP contribution in [0.3, 0.4) is 0 Å². The van der Waals surface area contributed by atoms with Crippen molar-refractivity contribution in [2.75, 3.05) is 13.1 Å². The van der Waals surface area contributed by atoms with Crippen LogP contribution in [0.1, 0.15) is 19.9 Å². The molecule has 2 atom stereocenters. The molecule has 3 heteroatoms. The number of rotatable bonds is 2. The molecule has 19 heavy (non-hydrogen) atoms. The Labute approximate surface area is 114 Å². The van der Waals surface area contributed by atoms with Crippen LogP contribution in [0.2, 0.25) is 0 Å². The highest BCUT2D eigenvalue weighted by Gasteiger charge is 2.47. The molecule has 0 N–H and O–H groups in total. The second-order valence-electron chi connectivity index (χ2n) is 6.20. The van der Waals surface area contributed by atoms with Crippen LogP contribution >= 0.6 is 0 Å². The summed E-state index contributed by atoms with van der Waals surface area (Å²) in [4.78, 5) is 0. The summed E-state index contributed by atoms with van der Waals surface area (Å²) in [7, 11) is 0. The summed E-state index contributed by atoms with van der Waals surface area (Å²) in [6, 6.07) is 14.0. The highest BCUT2D eigenvalue weighted by atomic mass is 16.5. The van der Waals surface area contributed by atoms with Crippen LogP contribution in [-0.4, -0.2) is 17.7 Å². The molecular formula is C16H20N2O. The van der Waals surface area contributed by atoms with E-state index in [9.17, 15) is 5.21 Å². The Bertz CT molecular complexity index is 547. The van der Waals surface area contributed by atoms with Gasteiger partial charge in [0, 0.05) is 17.8 Å². The number of para-hydroxylation sites is 1. The molecule has 0 amide bonds. The Morgan fingerprint density at radius 1 is 1.11 bits per heavy atom. The van der Waals surface area contributed by atoms with Gasteiger partial charge in [-0.25, -0.2) is 0 Å². The van der Waals surface area contributed by atoms with E-state index >= 15 is 0 Å². The molecule has 1 aromatic carbocycles. The zero-order valence-electron chi connectivity index (χ0n) is 11.5. The van der Waals surface area contributed by atoms with E-state index in [4.69, 9.17) is 0 Å². The van der Waals surface area contributed by atoms with Gasteiger partial charge in [0.15, 0.2) is 0 Å². The van der Waals surface area contributed by atoms with Crippen molar-refractivity contribution in [3.05, 3.63) is 60.1 Å². The summed E-state index contributed by atoms with van der Waals surface area (Å²) in [5.41, 5.74) is 0.863. The number of quaternary nitrogens is 1. The van der Waals surface area contributed by atoms with Gasteiger partial charge in [0.2, 0.25) is 0 Å². The van der Waals surface area contributed by atoms with Crippen LogP contribution in [0.5, 0.6) is 0 Å². The summed E-state index contributed by atoms with van der Waals surface area (Å²) >= 11 is 0. The lowest BCUT2D eigenvalue weighted by atomic mass is 9.88. The zero-order chi connectivity index (χ0) is 13.5. The van der Waals surface area contributed by atoms with Crippen LogP contribution in [0.25, 0.3) is 0 Å². The van der Waals surface area contributed by atoms with Crippen LogP contribution in [0.4, 0.5) is 5.69 Å². The molecular weight excluding hydrogens is 236 g/mol. The van der Waals surface area contributed by atoms with Crippen molar-refractivity contribution >= 4 is 5.69 Å². The summed E-state index contributed by atoms with van der Waals surface area (Å²) in [5, 5.41) is 13.1. The third-order valence-corrected chi connectivity index (χ3v) is 4.25. The van der Waals surface area contributed by atoms with E-state index in [2.05, 4.69) is 30.8 Å². The Balaban J connectivity index is 1.96. The Hall–Kier alpha value is -1.58. The molecule has 3 nitrogen and oxygen atoms in total. The minimum atomic E-state index is -0.226. The van der Waals surface area contributed by atoms with Crippen LogP contribution in [0, 0.1) is 10.6 Å². The van der Waals surface area contributed by atoms with E-state index in [-0.39, 0.29) is 16.1 Å². The molecule has 0 saturated carbocycles. The number of hydroxylamine groups is 2. The second kappa shape index (κ2) is 4.22. The Morgan fingerprint density at radius 2 is 1.74 bits per heavy atom. The first-order valence-corrected chi connectivity index (χ1v) is 6.77. The average molecular weight is 256 g/mol. The maximum Gasteiger partial charge on any atom is 0.132 e. The fourth-order valence-electron chi connectivity index (χ4n) is 3.30. The minimum absolute atomic E-state index is 0.00336. The predicted octanol–water partition coefficient (Wildman–Crippen LogP) is 3.57. The van der Waals surface area contributed by atoms with Crippen molar-refractivity contribution in [2.45, 2.75) is 19.9 Å². The van der Waals surface area contributed by atoms with E-state index in [1.54, 1.807) is 0 Å². The fraction of sp³-hybridized carbons (Fsp3) is 0.375. The van der Waals surface area contributed by atoms with Crippen molar-refractivity contribution in [3.63, 3.8) is 0 Å². The van der Waals surface area contributed by atoms with Crippen molar-refractivity contribution in [1.82, 2.24) is 9.21 Å². The molecule has 3 rings (SSSR count). The van der Waals surface area contributed by atoms with E-state index in [1.807, 2.05) is 42.5 Å². The highest BCUT2D eigenvalue weighted by molar-refractivity contribution is 5.45. The van der Waals surface area contributed by atoms with Gasteiger partial charge < -0.3 is 14.4 Å². The molecule has 1 saturated heterocycles. The lowest BCUT2D eigenvalue weighted by molar-refractivity contribution is 0.284. The first kappa shape index (κ1) is 12.5. The van der Waals surface area contributed by atoms with Crippen molar-refractivity contribution in [2.24, 2.45) is 5.41 Å². The lowest BCUT2D eigenvalue weighted by Crippen LogP contribution is -2.41. The van der Waals surface area contributed by atoms with Crippen molar-refractivity contribution < 1.29 is 0 Å². The molecule has 0 radical (unpaired) electrons. The first-order chi connectivity index (χ1) is 9.01. The van der Waals surface area contributed by atoms with Crippen molar-refractivity contribution in [3.8, 4) is 0 Å². The van der Waals surface area contributed by atoms with Crippen molar-refractivity contribution in [1.29, 1.82) is 0 Å². The van der Waals surface area contributed by atoms with Gasteiger partial charge in [-0.3, -0.25) is 0 Å². The topological polar surface area (TPSA) is 28.0 Å². The van der Waals surface area contributed by atoms with Gasteiger partial charge in [-0.2, -0.15) is 0 Å². The molecule has 2 heterocycles. The van der Waals surface area contributed by atoms with E-state index in [1.165, 1.54) is 0 Å². The Kier molecular flexibility index (Phi) is 2.77. The molecule has 0 spiro atoms. The van der Waals surface area contributed by atoms with Gasteiger partial charge in [-0.15, -0.1) is 0 Å². The molecule has 2 unspecified atom stereocenters. The standard InChI is InChI=1S/C16H20N2O/c1-16(2)13-18(19,14-8-4-3-5-9-14)12-15(16)17-10-6-7-11-17/h3-11,15H,12-13H2,1-2H3. The molecule has 1 aromatic heterocycles. The molecule has 1 fully saturated rings. The minimum Gasteiger partial charge on any atom is -0.627 e. The van der Waals surface area contributed by atoms with E-state index in [0.29, 0.717) is 13.1 Å². The molecule has 1 aliphatic rings. The zero-order valence-corrected chi connectivity index (χ0v) is 11.5. The average Bonchev–Trinajstić information content (AvgIpc) is 2.97. The largest absolute Gasteiger partial charge is 0.627 e. The molecule has 0 bridgehead atoms. The predicted molar refractivity (Wildman–Crippen MR) is 78.6 cm³/mol. The summed E-state index contributed by atoms with van der Waals surface area (Å²) < 4.78 is 1.96. The fourth-order valence-corrected chi connectivity index (χ4v) is 3.30. The first-order valence-electron chi connectivity index (χ1n) is 6.77. The molecule has 2 aromatic rings. The number of hydrogen-bond donors (Lipinski definition) is 0. The van der Waals surface area contributed by atoms with Crippen LogP contribution < -0.4 is 4.65 Å².